The van der Waals surface area contributed by atoms with Gasteiger partial charge in [-0.3, -0.25) is 55.2 Å². The lowest BCUT2D eigenvalue weighted by Crippen LogP contribution is -2.47. The molecule has 0 aliphatic carbocycles. The van der Waals surface area contributed by atoms with E-state index in [4.69, 9.17) is 122 Å². The molecule has 12 rings (SSSR count). The molecule has 6 saturated heterocycles. The summed E-state index contributed by atoms with van der Waals surface area (Å²) in [5.74, 6) is -1.04. The van der Waals surface area contributed by atoms with Gasteiger partial charge in [-0.05, 0) is 90.0 Å². The highest BCUT2D eigenvalue weighted by Gasteiger charge is 2.63. The summed E-state index contributed by atoms with van der Waals surface area (Å²) in [4.78, 5) is 70.6. The number of halogens is 3. The molecular formula is C58H86Cl3N18O21P3. The third-order valence-electron chi connectivity index (χ3n) is 16.3. The monoisotopic (exact) mass is 1570 g/mol. The van der Waals surface area contributed by atoms with E-state index in [0.717, 1.165) is 0 Å². The summed E-state index contributed by atoms with van der Waals surface area (Å²) >= 11 is 20.8. The second kappa shape index (κ2) is 31.4. The number of fused-ring (bicyclic) bond motifs is 6. The minimum atomic E-state index is -3.90. The van der Waals surface area contributed by atoms with Gasteiger partial charge in [0, 0.05) is 6.04 Å². The van der Waals surface area contributed by atoms with Gasteiger partial charge in [-0.25, -0.2) is 43.9 Å². The first kappa shape index (κ1) is 79.5. The van der Waals surface area contributed by atoms with E-state index in [1.807, 2.05) is 20.8 Å². The molecule has 6 aromatic heterocycles. The quantitative estimate of drug-likeness (QED) is 0.0178. The molecule has 18 atom stereocenters. The Kier molecular flexibility index (Phi) is 24.2. The number of nitrogens with zero attached hydrogens (tertiary/aromatic N) is 12. The maximum Gasteiger partial charge on any atom is 0.406 e. The normalized spacial score (nSPS) is 31.8. The first-order valence-corrected chi connectivity index (χ1v) is 38.7. The van der Waals surface area contributed by atoms with Crippen molar-refractivity contribution in [3.05, 3.63) is 19.0 Å². The topological polar surface area (TPSA) is 486 Å². The van der Waals surface area contributed by atoms with Crippen LogP contribution >= 0.6 is 58.0 Å². The first-order chi connectivity index (χ1) is 48.3. The van der Waals surface area contributed by atoms with Gasteiger partial charge in [-0.2, -0.15) is 29.9 Å². The second-order valence-corrected chi connectivity index (χ2v) is 33.5. The van der Waals surface area contributed by atoms with Gasteiger partial charge < -0.3 is 59.8 Å². The third kappa shape index (κ3) is 17.0. The van der Waals surface area contributed by atoms with Crippen LogP contribution in [-0.2, 0) is 83.6 Å². The van der Waals surface area contributed by atoms with Crippen molar-refractivity contribution in [2.45, 2.75) is 204 Å². The number of carbonyl (C=O) groups is 3. The second-order valence-electron chi connectivity index (χ2n) is 25.9. The van der Waals surface area contributed by atoms with Crippen LogP contribution in [0, 0.1) is 5.92 Å². The van der Waals surface area contributed by atoms with Crippen molar-refractivity contribution in [2.75, 3.05) is 63.4 Å². The highest BCUT2D eigenvalue weighted by Crippen LogP contribution is 2.61. The van der Waals surface area contributed by atoms with E-state index in [0.29, 0.717) is 53.3 Å². The van der Waals surface area contributed by atoms with Gasteiger partial charge in [-0.1, -0.05) is 13.8 Å². The van der Waals surface area contributed by atoms with E-state index in [1.165, 1.54) is 32.8 Å². The van der Waals surface area contributed by atoms with E-state index in [1.54, 1.807) is 82.9 Å². The smallest absolute Gasteiger partial charge is 0.406 e. The third-order valence-corrected chi connectivity index (χ3v) is 22.6. The molecule has 0 aromatic carbocycles. The van der Waals surface area contributed by atoms with E-state index in [9.17, 15) is 28.1 Å². The number of ether oxygens (including phenoxy) is 9. The number of aromatic nitrogens is 12. The lowest BCUT2D eigenvalue weighted by Gasteiger charge is -2.36. The number of rotatable bonds is 22. The molecule has 103 heavy (non-hydrogen) atoms. The fraction of sp³-hybridized carbons (Fsp3) is 0.690. The number of imidazole rings is 3. The molecule has 0 amide bonds. The lowest BCUT2D eigenvalue weighted by molar-refractivity contribution is -0.150. The Bertz CT molecular complexity index is 4060. The van der Waals surface area contributed by atoms with Gasteiger partial charge in [0.05, 0.1) is 76.7 Å². The highest BCUT2D eigenvalue weighted by molar-refractivity contribution is 7.52. The summed E-state index contributed by atoms with van der Waals surface area (Å²) in [6.45, 7) is 26.5. The standard InChI is InChI=1S/C20H30ClN6O7P.2C19H28ClN6O7P/c1-6-30-16-13-15(24-19(22)25-16)27(9-23-13)18-20(5,21)14-12(33-18)8-32-35(29,34-14)26-11(4)7-31-17(28)10(2)3;2*1-6-29-15-12-14(23-18(21)24-15)26(8-22-12)17-19(5,20)13-11(32-17)7-30-34(28,33-13)25-10(4)16(27)31-9(2)3/h9-12,14,18H,6-8H2,1-5H3,(H,26,29)(H2,22,24,25);2*8-11,13,17H,6-7H2,1-5H3,(H,25,28)(H2,21,23,24)/t11-,12-,14-,18-,20-,35-;10-,11+,13+,17+,19+,34?;10-,11-,13-,17-,19-,34?/m101/s1. The Hall–Kier alpha value is -6.06. The van der Waals surface area contributed by atoms with Gasteiger partial charge >= 0.3 is 41.1 Å². The van der Waals surface area contributed by atoms with Crippen molar-refractivity contribution in [2.24, 2.45) is 5.92 Å². The van der Waals surface area contributed by atoms with Crippen LogP contribution in [0.25, 0.3) is 33.5 Å². The Labute approximate surface area is 606 Å². The molecule has 39 nitrogen and oxygen atoms in total. The number of nitrogens with two attached hydrogens (primary N) is 3. The number of alkyl halides is 3. The van der Waals surface area contributed by atoms with Crippen LogP contribution in [0.15, 0.2) is 19.0 Å². The lowest BCUT2D eigenvalue weighted by atomic mass is 10.0. The van der Waals surface area contributed by atoms with Crippen molar-refractivity contribution >= 4 is 127 Å². The zero-order chi connectivity index (χ0) is 75.2. The number of anilines is 3. The molecule has 570 valence electrons. The number of hydrogen-bond donors (Lipinski definition) is 6. The van der Waals surface area contributed by atoms with E-state index in [-0.39, 0.29) is 86.0 Å². The first-order valence-electron chi connectivity index (χ1n) is 33.0. The number of nitrogens with one attached hydrogen (secondary N) is 3. The van der Waals surface area contributed by atoms with Crippen LogP contribution in [0.2, 0.25) is 0 Å². The molecule has 0 bridgehead atoms. The molecular weight excluding hydrogens is 1480 g/mol. The molecule has 12 heterocycles. The molecule has 0 spiro atoms. The van der Waals surface area contributed by atoms with Gasteiger partial charge in [0.1, 0.15) is 69.9 Å². The molecule has 6 aromatic rings. The molecule has 6 fully saturated rings. The Morgan fingerprint density at radius 1 is 0.515 bits per heavy atom. The Morgan fingerprint density at radius 2 is 0.816 bits per heavy atom. The van der Waals surface area contributed by atoms with Crippen molar-refractivity contribution < 1.29 is 97.9 Å². The van der Waals surface area contributed by atoms with Gasteiger partial charge in [0.2, 0.25) is 35.5 Å². The minimum absolute atomic E-state index is 0.0000513. The minimum Gasteiger partial charge on any atom is -0.476 e. The average molecular weight is 1570 g/mol. The van der Waals surface area contributed by atoms with Crippen LogP contribution in [-0.4, -0.2) is 204 Å². The van der Waals surface area contributed by atoms with E-state index < -0.39 is 123 Å². The number of esters is 3. The van der Waals surface area contributed by atoms with Gasteiger partial charge in [-0.15, -0.1) is 34.8 Å². The molecule has 6 aliphatic heterocycles. The van der Waals surface area contributed by atoms with Crippen molar-refractivity contribution in [3.63, 3.8) is 0 Å². The number of carbonyl (C=O) groups excluding carboxylic acids is 3. The van der Waals surface area contributed by atoms with E-state index in [2.05, 4.69) is 60.1 Å². The highest BCUT2D eigenvalue weighted by atomic mass is 35.5. The van der Waals surface area contributed by atoms with Crippen LogP contribution in [0.3, 0.4) is 0 Å². The summed E-state index contributed by atoms with van der Waals surface area (Å²) < 4.78 is 129. The SMILES string of the molecule is CCOc1nc(N)nc2c1ncn2[C@@H]1O[C@@H]2COP(=O)(N[C@@H](C)C(=O)OC(C)C)O[C@H]2[C@@]1(C)Cl.CCOc1nc(N)nc2c1ncn2[C@@H]1O[C@@H]2COP(=O)(N[C@H](C)C(=O)OC(C)C)O[C@H]2[C@@]1(C)Cl.CCOc1nc(N)nc2c1ncn2[C@@H]1O[C@@H]2CO[P@](=O)(N[C@H](C)COC(=O)C(C)C)O[C@H]2[C@@]1(C)Cl. The molecule has 9 N–H and O–H groups in total. The summed E-state index contributed by atoms with van der Waals surface area (Å²) in [5, 5.41) is 8.01. The molecule has 45 heteroatoms. The van der Waals surface area contributed by atoms with Crippen LogP contribution in [0.5, 0.6) is 17.6 Å². The zero-order valence-electron chi connectivity index (χ0n) is 59.0. The fourth-order valence-electron chi connectivity index (χ4n) is 11.7. The predicted molar refractivity (Wildman–Crippen MR) is 369 cm³/mol. The maximum absolute atomic E-state index is 13.3. The number of nitrogen functional groups attached to an aromatic ring is 3. The fourth-order valence-corrected chi connectivity index (χ4v) is 18.2. The van der Waals surface area contributed by atoms with Crippen LogP contribution in [0.1, 0.15) is 123 Å². The Morgan fingerprint density at radius 3 is 1.10 bits per heavy atom. The largest absolute Gasteiger partial charge is 0.476 e. The zero-order valence-corrected chi connectivity index (χ0v) is 63.9. The van der Waals surface area contributed by atoms with Crippen LogP contribution in [0.4, 0.5) is 17.8 Å². The summed E-state index contributed by atoms with van der Waals surface area (Å²) in [5.41, 5.74) is 19.9. The number of hydrogen-bond acceptors (Lipinski definition) is 33. The summed E-state index contributed by atoms with van der Waals surface area (Å²) in [6, 6.07) is -2.36. The van der Waals surface area contributed by atoms with Crippen molar-refractivity contribution in [1.29, 1.82) is 0 Å². The van der Waals surface area contributed by atoms with Crippen molar-refractivity contribution in [1.82, 2.24) is 73.8 Å². The average Bonchev–Trinajstić information content (AvgIpc) is 1.60. The predicted octanol–water partition coefficient (Wildman–Crippen LogP) is 6.71. The van der Waals surface area contributed by atoms with E-state index >= 15 is 0 Å². The maximum atomic E-state index is 13.3. The van der Waals surface area contributed by atoms with Gasteiger partial charge in [0.25, 0.3) is 0 Å². The Balaban J connectivity index is 0.000000166. The van der Waals surface area contributed by atoms with Crippen LogP contribution < -0.4 is 46.7 Å². The summed E-state index contributed by atoms with van der Waals surface area (Å²) in [6.07, 6.45) is -2.97. The molecule has 0 radical (unpaired) electrons. The molecule has 0 saturated carbocycles. The van der Waals surface area contributed by atoms with Crippen molar-refractivity contribution in [3.8, 4) is 17.6 Å². The molecule has 6 aliphatic rings. The molecule has 2 unspecified atom stereocenters. The summed E-state index contributed by atoms with van der Waals surface area (Å²) in [7, 11) is -11.6. The van der Waals surface area contributed by atoms with Gasteiger partial charge in [0.15, 0.2) is 52.2 Å².